The monoisotopic (exact) mass is 255 g/mol. The Morgan fingerprint density at radius 1 is 1.05 bits per heavy atom. The largest absolute Gasteiger partial charge is 0.489 e. The first kappa shape index (κ1) is 13.6. The Morgan fingerprint density at radius 3 is 2.58 bits per heavy atom. The molecule has 0 aromatic heterocycles. The summed E-state index contributed by atoms with van der Waals surface area (Å²) in [5.41, 5.74) is 3.68. The van der Waals surface area contributed by atoms with E-state index >= 15 is 0 Å². The fourth-order valence-corrected chi connectivity index (χ4v) is 1.98. The molecule has 0 unspecified atom stereocenters. The molecule has 2 aromatic carbocycles. The highest BCUT2D eigenvalue weighted by atomic mass is 16.5. The zero-order valence-corrected chi connectivity index (χ0v) is 11.6. The molecule has 2 heteroatoms. The maximum atomic E-state index is 5.94. The average Bonchev–Trinajstić information content (AvgIpc) is 2.45. The summed E-state index contributed by atoms with van der Waals surface area (Å²) in [6.07, 6.45) is 0. The summed E-state index contributed by atoms with van der Waals surface area (Å²) in [6.45, 7) is 6.65. The fourth-order valence-electron chi connectivity index (χ4n) is 1.98. The Balaban J connectivity index is 2.06. The van der Waals surface area contributed by atoms with Gasteiger partial charge in [-0.1, -0.05) is 55.0 Å². The van der Waals surface area contributed by atoms with E-state index in [9.17, 15) is 0 Å². The number of rotatable bonds is 6. The van der Waals surface area contributed by atoms with Crippen LogP contribution in [0.4, 0.5) is 0 Å². The molecule has 0 fully saturated rings. The summed E-state index contributed by atoms with van der Waals surface area (Å²) < 4.78 is 5.94. The number of hydrogen-bond donors (Lipinski definition) is 1. The number of nitrogens with one attached hydrogen (secondary N) is 1. The topological polar surface area (TPSA) is 21.3 Å². The van der Waals surface area contributed by atoms with Gasteiger partial charge in [0.1, 0.15) is 12.4 Å². The summed E-state index contributed by atoms with van der Waals surface area (Å²) >= 11 is 0. The molecule has 0 aliphatic rings. The molecule has 100 valence electrons. The van der Waals surface area contributed by atoms with E-state index < -0.39 is 0 Å². The Bertz CT molecular complexity index is 508. The third kappa shape index (κ3) is 4.11. The van der Waals surface area contributed by atoms with Gasteiger partial charge < -0.3 is 10.1 Å². The molecule has 0 radical (unpaired) electrons. The predicted molar refractivity (Wildman–Crippen MR) is 79.3 cm³/mol. The molecule has 1 N–H and O–H groups in total. The maximum absolute atomic E-state index is 5.94. The Kier molecular flexibility index (Phi) is 4.99. The van der Waals surface area contributed by atoms with Crippen molar-refractivity contribution >= 4 is 0 Å². The Labute approximate surface area is 115 Å². The van der Waals surface area contributed by atoms with Crippen molar-refractivity contribution in [2.24, 2.45) is 0 Å². The van der Waals surface area contributed by atoms with E-state index in [1.807, 2.05) is 18.2 Å². The second-order valence-electron chi connectivity index (χ2n) is 4.67. The van der Waals surface area contributed by atoms with Crippen LogP contribution in [0.3, 0.4) is 0 Å². The van der Waals surface area contributed by atoms with Crippen molar-refractivity contribution in [3.8, 4) is 5.75 Å². The van der Waals surface area contributed by atoms with Gasteiger partial charge in [0.2, 0.25) is 0 Å². The van der Waals surface area contributed by atoms with Crippen LogP contribution in [-0.4, -0.2) is 6.54 Å². The first-order chi connectivity index (χ1) is 9.29. The van der Waals surface area contributed by atoms with Gasteiger partial charge in [-0.2, -0.15) is 0 Å². The molecule has 2 nitrogen and oxygen atoms in total. The van der Waals surface area contributed by atoms with Gasteiger partial charge in [-0.15, -0.1) is 0 Å². The smallest absolute Gasteiger partial charge is 0.124 e. The average molecular weight is 255 g/mol. The normalized spacial score (nSPS) is 10.4. The van der Waals surface area contributed by atoms with Crippen LogP contribution in [0.5, 0.6) is 5.75 Å². The molecule has 0 saturated carbocycles. The van der Waals surface area contributed by atoms with Gasteiger partial charge in [0.05, 0.1) is 0 Å². The lowest BCUT2D eigenvalue weighted by molar-refractivity contribution is 0.302. The molecule has 0 amide bonds. The van der Waals surface area contributed by atoms with Gasteiger partial charge >= 0.3 is 0 Å². The van der Waals surface area contributed by atoms with Gasteiger partial charge in [-0.25, -0.2) is 0 Å². The lowest BCUT2D eigenvalue weighted by Crippen LogP contribution is -2.13. The van der Waals surface area contributed by atoms with E-state index in [0.717, 1.165) is 18.8 Å². The van der Waals surface area contributed by atoms with Crippen LogP contribution >= 0.6 is 0 Å². The molecule has 2 rings (SSSR count). The summed E-state index contributed by atoms with van der Waals surface area (Å²) in [6, 6.07) is 16.6. The van der Waals surface area contributed by atoms with E-state index in [2.05, 4.69) is 49.5 Å². The number of benzene rings is 2. The van der Waals surface area contributed by atoms with Crippen LogP contribution in [0.15, 0.2) is 48.5 Å². The van der Waals surface area contributed by atoms with Crippen molar-refractivity contribution in [2.75, 3.05) is 6.54 Å². The van der Waals surface area contributed by atoms with Gasteiger partial charge in [0.25, 0.3) is 0 Å². The van der Waals surface area contributed by atoms with Crippen molar-refractivity contribution in [3.05, 3.63) is 65.2 Å². The molecule has 0 heterocycles. The van der Waals surface area contributed by atoms with E-state index in [1.54, 1.807) is 0 Å². The number of ether oxygens (including phenoxy) is 1. The van der Waals surface area contributed by atoms with Crippen LogP contribution < -0.4 is 10.1 Å². The highest BCUT2D eigenvalue weighted by molar-refractivity contribution is 5.37. The van der Waals surface area contributed by atoms with E-state index in [4.69, 9.17) is 4.74 Å². The molecule has 19 heavy (non-hydrogen) atoms. The third-order valence-electron chi connectivity index (χ3n) is 3.02. The lowest BCUT2D eigenvalue weighted by Gasteiger charge is -2.13. The van der Waals surface area contributed by atoms with E-state index in [1.165, 1.54) is 16.7 Å². The van der Waals surface area contributed by atoms with Crippen LogP contribution in [0.25, 0.3) is 0 Å². The third-order valence-corrected chi connectivity index (χ3v) is 3.02. The first-order valence-electron chi connectivity index (χ1n) is 6.76. The Hall–Kier alpha value is -1.80. The molecule has 0 aliphatic heterocycles. The van der Waals surface area contributed by atoms with Crippen LogP contribution in [0.2, 0.25) is 0 Å². The van der Waals surface area contributed by atoms with Crippen LogP contribution in [0, 0.1) is 6.92 Å². The second-order valence-corrected chi connectivity index (χ2v) is 4.67. The van der Waals surface area contributed by atoms with Crippen molar-refractivity contribution in [1.29, 1.82) is 0 Å². The Morgan fingerprint density at radius 2 is 1.84 bits per heavy atom. The molecule has 0 bridgehead atoms. The number of aryl methyl sites for hydroxylation is 1. The molecule has 0 atom stereocenters. The molecular weight excluding hydrogens is 234 g/mol. The van der Waals surface area contributed by atoms with Gasteiger partial charge in [-0.3, -0.25) is 0 Å². The van der Waals surface area contributed by atoms with E-state index in [-0.39, 0.29) is 0 Å². The molecule has 0 saturated heterocycles. The maximum Gasteiger partial charge on any atom is 0.124 e. The summed E-state index contributed by atoms with van der Waals surface area (Å²) in [5, 5.41) is 3.35. The van der Waals surface area contributed by atoms with Crippen molar-refractivity contribution in [1.82, 2.24) is 5.32 Å². The minimum Gasteiger partial charge on any atom is -0.489 e. The van der Waals surface area contributed by atoms with Crippen molar-refractivity contribution in [3.63, 3.8) is 0 Å². The zero-order chi connectivity index (χ0) is 13.5. The van der Waals surface area contributed by atoms with Crippen LogP contribution in [-0.2, 0) is 13.2 Å². The first-order valence-corrected chi connectivity index (χ1v) is 6.76. The molecule has 2 aromatic rings. The number of hydrogen-bond acceptors (Lipinski definition) is 2. The molecule has 0 aliphatic carbocycles. The van der Waals surface area contributed by atoms with Crippen molar-refractivity contribution in [2.45, 2.75) is 27.0 Å². The van der Waals surface area contributed by atoms with Gasteiger partial charge in [0, 0.05) is 12.1 Å². The summed E-state index contributed by atoms with van der Waals surface area (Å²) in [7, 11) is 0. The van der Waals surface area contributed by atoms with Gasteiger partial charge in [0.15, 0.2) is 0 Å². The summed E-state index contributed by atoms with van der Waals surface area (Å²) in [5.74, 6) is 0.968. The standard InChI is InChI=1S/C17H21NO/c1-3-18-12-16-11-14(2)9-10-17(16)19-13-15-7-5-4-6-8-15/h4-11,18H,3,12-13H2,1-2H3. The fraction of sp³-hybridized carbons (Fsp3) is 0.294. The SMILES string of the molecule is CCNCc1cc(C)ccc1OCc1ccccc1. The highest BCUT2D eigenvalue weighted by Gasteiger charge is 2.04. The predicted octanol–water partition coefficient (Wildman–Crippen LogP) is 3.68. The second kappa shape index (κ2) is 6.95. The van der Waals surface area contributed by atoms with Gasteiger partial charge in [-0.05, 0) is 25.1 Å². The highest BCUT2D eigenvalue weighted by Crippen LogP contribution is 2.21. The molecular formula is C17H21NO. The zero-order valence-electron chi connectivity index (χ0n) is 11.6. The minimum absolute atomic E-state index is 0.614. The van der Waals surface area contributed by atoms with Crippen LogP contribution in [0.1, 0.15) is 23.6 Å². The quantitative estimate of drug-likeness (QED) is 0.850. The summed E-state index contributed by atoms with van der Waals surface area (Å²) in [4.78, 5) is 0. The minimum atomic E-state index is 0.614. The van der Waals surface area contributed by atoms with Crippen molar-refractivity contribution < 1.29 is 4.74 Å². The van der Waals surface area contributed by atoms with E-state index in [0.29, 0.717) is 6.61 Å². The molecule has 0 spiro atoms. The lowest BCUT2D eigenvalue weighted by atomic mass is 10.1.